The monoisotopic (exact) mass is 459 g/mol. The number of aliphatic hydroxyl groups is 1. The van der Waals surface area contributed by atoms with Crippen LogP contribution in [0.5, 0.6) is 0 Å². The van der Waals surface area contributed by atoms with Crippen LogP contribution in [0.2, 0.25) is 0 Å². The van der Waals surface area contributed by atoms with Gasteiger partial charge < -0.3 is 20.6 Å². The Morgan fingerprint density at radius 1 is 1.28 bits per heavy atom. The molecule has 2 unspecified atom stereocenters. The van der Waals surface area contributed by atoms with E-state index in [1.807, 2.05) is 39.0 Å². The van der Waals surface area contributed by atoms with Crippen molar-refractivity contribution in [2.75, 3.05) is 18.5 Å². The predicted molar refractivity (Wildman–Crippen MR) is 125 cm³/mol. The van der Waals surface area contributed by atoms with Gasteiger partial charge in [-0.1, -0.05) is 25.1 Å². The Kier molecular flexibility index (Phi) is 6.29. The van der Waals surface area contributed by atoms with Crippen molar-refractivity contribution in [2.24, 2.45) is 11.8 Å². The molecule has 2 bridgehead atoms. The van der Waals surface area contributed by atoms with Crippen LogP contribution >= 0.6 is 11.8 Å². The molecule has 1 spiro atoms. The zero-order valence-corrected chi connectivity index (χ0v) is 20.0. The van der Waals surface area contributed by atoms with Crippen LogP contribution in [0, 0.1) is 25.7 Å². The topological polar surface area (TPSA) is 98.7 Å². The molecule has 3 N–H and O–H groups in total. The Balaban J connectivity index is 1.72. The Bertz CT molecular complexity index is 918. The second-order valence-electron chi connectivity index (χ2n) is 9.38. The maximum absolute atomic E-state index is 13.8. The number of carbonyl (C=O) groups is 3. The van der Waals surface area contributed by atoms with Gasteiger partial charge in [-0.25, -0.2) is 0 Å². The lowest BCUT2D eigenvalue weighted by molar-refractivity contribution is -0.141. The first-order valence-corrected chi connectivity index (χ1v) is 12.4. The van der Waals surface area contributed by atoms with E-state index in [9.17, 15) is 19.5 Å². The molecule has 0 saturated carbocycles. The number of thioether (sulfide) groups is 1. The first-order valence-electron chi connectivity index (χ1n) is 11.5. The third-order valence-corrected chi connectivity index (χ3v) is 9.26. The summed E-state index contributed by atoms with van der Waals surface area (Å²) in [5.74, 6) is -1.47. The van der Waals surface area contributed by atoms with Crippen molar-refractivity contribution in [1.29, 1.82) is 0 Å². The Morgan fingerprint density at radius 3 is 2.59 bits per heavy atom. The molecule has 3 saturated heterocycles. The summed E-state index contributed by atoms with van der Waals surface area (Å²) in [6, 6.07) is 4.61. The molecule has 7 nitrogen and oxygen atoms in total. The average molecular weight is 460 g/mol. The van der Waals surface area contributed by atoms with E-state index in [2.05, 4.69) is 10.6 Å². The van der Waals surface area contributed by atoms with Crippen LogP contribution in [-0.4, -0.2) is 63.0 Å². The number of fused-ring (bicyclic) bond motifs is 1. The van der Waals surface area contributed by atoms with Crippen LogP contribution in [0.1, 0.15) is 44.2 Å². The number of aliphatic hydroxyl groups excluding tert-OH is 1. The maximum atomic E-state index is 13.8. The van der Waals surface area contributed by atoms with Crippen molar-refractivity contribution in [3.8, 4) is 0 Å². The molecule has 0 aromatic heterocycles. The summed E-state index contributed by atoms with van der Waals surface area (Å²) in [5, 5.41) is 16.0. The van der Waals surface area contributed by atoms with Crippen LogP contribution < -0.4 is 10.6 Å². The van der Waals surface area contributed by atoms with Crippen LogP contribution in [0.4, 0.5) is 5.69 Å². The fraction of sp³-hybridized carbons (Fsp3) is 0.625. The molecular weight excluding hydrogens is 426 g/mol. The van der Waals surface area contributed by atoms with Crippen LogP contribution in [0.15, 0.2) is 18.2 Å². The molecule has 174 valence electrons. The first kappa shape index (κ1) is 23.1. The quantitative estimate of drug-likeness (QED) is 0.581. The van der Waals surface area contributed by atoms with Crippen molar-refractivity contribution in [3.05, 3.63) is 29.3 Å². The summed E-state index contributed by atoms with van der Waals surface area (Å²) >= 11 is 1.64. The molecule has 3 fully saturated rings. The molecule has 1 aromatic carbocycles. The van der Waals surface area contributed by atoms with Gasteiger partial charge in [-0.2, -0.15) is 0 Å². The summed E-state index contributed by atoms with van der Waals surface area (Å²) in [4.78, 5) is 42.1. The third-order valence-electron chi connectivity index (χ3n) is 7.31. The van der Waals surface area contributed by atoms with Gasteiger partial charge in [0.2, 0.25) is 17.7 Å². The Hall–Kier alpha value is -2.06. The number of benzene rings is 1. The van der Waals surface area contributed by atoms with E-state index >= 15 is 0 Å². The number of rotatable bonds is 7. The molecule has 0 radical (unpaired) electrons. The van der Waals surface area contributed by atoms with Gasteiger partial charge in [0, 0.05) is 17.5 Å². The van der Waals surface area contributed by atoms with E-state index < -0.39 is 28.7 Å². The van der Waals surface area contributed by atoms with Crippen LogP contribution in [0.25, 0.3) is 0 Å². The number of hydrogen-bond acceptors (Lipinski definition) is 5. The number of nitrogens with zero attached hydrogens (tertiary/aromatic N) is 1. The minimum absolute atomic E-state index is 0.0443. The Labute approximate surface area is 193 Å². The lowest BCUT2D eigenvalue weighted by Gasteiger charge is -2.36. The average Bonchev–Trinajstić information content (AvgIpc) is 3.41. The van der Waals surface area contributed by atoms with Gasteiger partial charge >= 0.3 is 0 Å². The van der Waals surface area contributed by atoms with Gasteiger partial charge in [0.1, 0.15) is 6.04 Å². The van der Waals surface area contributed by atoms with E-state index in [-0.39, 0.29) is 29.6 Å². The fourth-order valence-corrected chi connectivity index (χ4v) is 8.03. The predicted octanol–water partition coefficient (Wildman–Crippen LogP) is 2.24. The van der Waals surface area contributed by atoms with E-state index in [1.54, 1.807) is 23.6 Å². The molecule has 3 aliphatic rings. The lowest BCUT2D eigenvalue weighted by atomic mass is 9.70. The minimum Gasteiger partial charge on any atom is -0.394 e. The smallest absolute Gasteiger partial charge is 0.248 e. The number of likely N-dealkylation sites (tertiary alicyclic amines) is 1. The van der Waals surface area contributed by atoms with Crippen LogP contribution in [0.3, 0.4) is 0 Å². The summed E-state index contributed by atoms with van der Waals surface area (Å²) in [6.45, 7) is 7.99. The number of amides is 3. The zero-order chi connectivity index (χ0) is 23.2. The van der Waals surface area contributed by atoms with Crippen LogP contribution in [-0.2, 0) is 14.4 Å². The van der Waals surface area contributed by atoms with Gasteiger partial charge in [0.15, 0.2) is 0 Å². The Morgan fingerprint density at radius 2 is 1.97 bits per heavy atom. The molecule has 0 aliphatic carbocycles. The van der Waals surface area contributed by atoms with Crippen molar-refractivity contribution in [1.82, 2.24) is 10.2 Å². The van der Waals surface area contributed by atoms with Gasteiger partial charge in [0.25, 0.3) is 0 Å². The number of para-hydroxylation sites is 1. The molecular formula is C24H33N3O4S. The van der Waals surface area contributed by atoms with Gasteiger partial charge in [-0.05, 0) is 51.2 Å². The van der Waals surface area contributed by atoms with E-state index in [0.717, 1.165) is 36.1 Å². The number of hydrogen-bond donors (Lipinski definition) is 3. The SMILES string of the molecule is CCCNC(=O)[C@@H]1[C@H]2C(=O)N([C@H](C)CO)C(C(=O)Nc3c(C)cccc3C)C23CC[C@H]1S3. The standard InChI is InChI=1S/C24H33N3O4S/c1-5-11-25-21(29)17-16-9-10-24(32-16)18(17)23(31)27(15(4)12-28)20(24)22(30)26-19-13(2)7-6-8-14(19)3/h6-8,15-18,20,28H,5,9-12H2,1-4H3,(H,25,29)(H,26,30)/t15-,16-,17+,18+,20?,24?/m1/s1. The highest BCUT2D eigenvalue weighted by Gasteiger charge is 2.74. The highest BCUT2D eigenvalue weighted by molar-refractivity contribution is 8.02. The van der Waals surface area contributed by atoms with Crippen molar-refractivity contribution in [2.45, 2.75) is 69.0 Å². The molecule has 6 atom stereocenters. The highest BCUT2D eigenvalue weighted by atomic mass is 32.2. The lowest BCUT2D eigenvalue weighted by Crippen LogP contribution is -2.54. The molecule has 8 heteroatoms. The number of anilines is 1. The summed E-state index contributed by atoms with van der Waals surface area (Å²) in [7, 11) is 0. The largest absolute Gasteiger partial charge is 0.394 e. The first-order chi connectivity index (χ1) is 15.3. The fourth-order valence-electron chi connectivity index (χ4n) is 5.82. The van der Waals surface area contributed by atoms with Crippen molar-refractivity contribution >= 4 is 35.2 Å². The van der Waals surface area contributed by atoms with Gasteiger partial charge in [-0.15, -0.1) is 11.8 Å². The van der Waals surface area contributed by atoms with Crippen molar-refractivity contribution in [3.63, 3.8) is 0 Å². The summed E-state index contributed by atoms with van der Waals surface area (Å²) in [6.07, 6.45) is 2.36. The minimum atomic E-state index is -0.722. The molecule has 1 aromatic rings. The summed E-state index contributed by atoms with van der Waals surface area (Å²) < 4.78 is -0.639. The van der Waals surface area contributed by atoms with E-state index in [1.165, 1.54) is 0 Å². The molecule has 4 rings (SSSR count). The third kappa shape index (κ3) is 3.43. The molecule has 3 aliphatic heterocycles. The number of aryl methyl sites for hydroxylation is 2. The summed E-state index contributed by atoms with van der Waals surface area (Å²) in [5.41, 5.74) is 2.67. The van der Waals surface area contributed by atoms with E-state index in [4.69, 9.17) is 0 Å². The number of nitrogens with one attached hydrogen (secondary N) is 2. The zero-order valence-electron chi connectivity index (χ0n) is 19.2. The maximum Gasteiger partial charge on any atom is 0.248 e. The normalized spacial score (nSPS) is 31.5. The molecule has 3 amide bonds. The van der Waals surface area contributed by atoms with Gasteiger partial charge in [0.05, 0.1) is 29.2 Å². The van der Waals surface area contributed by atoms with Gasteiger partial charge in [-0.3, -0.25) is 14.4 Å². The van der Waals surface area contributed by atoms with Crippen molar-refractivity contribution < 1.29 is 19.5 Å². The molecule has 32 heavy (non-hydrogen) atoms. The molecule has 3 heterocycles. The highest BCUT2D eigenvalue weighted by Crippen LogP contribution is 2.66. The second-order valence-corrected chi connectivity index (χ2v) is 11.0. The van der Waals surface area contributed by atoms with E-state index in [0.29, 0.717) is 6.54 Å². The second kappa shape index (κ2) is 8.71. The number of carbonyl (C=O) groups excluding carboxylic acids is 3.